The van der Waals surface area contributed by atoms with Crippen LogP contribution in [0.4, 0.5) is 5.00 Å². The van der Waals surface area contributed by atoms with Crippen molar-refractivity contribution in [2.75, 3.05) is 31.7 Å². The number of unbranched alkanes of at least 4 members (excludes halogenated alkanes) is 8. The predicted octanol–water partition coefficient (Wildman–Crippen LogP) is 9.41. The molecular formula is C40H54N2O6S. The third kappa shape index (κ3) is 12.2. The van der Waals surface area contributed by atoms with Gasteiger partial charge in [-0.2, -0.15) is 0 Å². The van der Waals surface area contributed by atoms with Crippen molar-refractivity contribution < 1.29 is 28.6 Å². The highest BCUT2D eigenvalue weighted by Gasteiger charge is 2.28. The summed E-state index contributed by atoms with van der Waals surface area (Å²) in [7, 11) is 0. The van der Waals surface area contributed by atoms with Crippen molar-refractivity contribution >= 4 is 34.1 Å². The van der Waals surface area contributed by atoms with Gasteiger partial charge >= 0.3 is 5.97 Å². The zero-order valence-electron chi connectivity index (χ0n) is 29.6. The Morgan fingerprint density at radius 2 is 1.31 bits per heavy atom. The molecule has 266 valence electrons. The largest absolute Gasteiger partial charge is 0.494 e. The number of fused-ring (bicyclic) bond motifs is 1. The number of carbonyl (C=O) groups excluding carboxylic acids is 3. The predicted molar refractivity (Wildman–Crippen MR) is 197 cm³/mol. The number of benzene rings is 2. The van der Waals surface area contributed by atoms with Crippen molar-refractivity contribution in [2.24, 2.45) is 5.92 Å². The highest BCUT2D eigenvalue weighted by Crippen LogP contribution is 2.40. The lowest BCUT2D eigenvalue weighted by Crippen LogP contribution is -2.29. The molecule has 1 aliphatic carbocycles. The van der Waals surface area contributed by atoms with Crippen molar-refractivity contribution in [2.45, 2.75) is 104 Å². The Labute approximate surface area is 296 Å². The van der Waals surface area contributed by atoms with Crippen LogP contribution < -0.4 is 20.1 Å². The maximum Gasteiger partial charge on any atom is 0.338 e. The van der Waals surface area contributed by atoms with E-state index in [0.29, 0.717) is 40.8 Å². The van der Waals surface area contributed by atoms with E-state index >= 15 is 0 Å². The van der Waals surface area contributed by atoms with Crippen molar-refractivity contribution in [1.82, 2.24) is 5.32 Å². The average molecular weight is 691 g/mol. The van der Waals surface area contributed by atoms with Crippen LogP contribution in [-0.4, -0.2) is 44.1 Å². The number of nitrogens with one attached hydrogen (secondary N) is 2. The summed E-state index contributed by atoms with van der Waals surface area (Å²) in [4.78, 5) is 40.5. The van der Waals surface area contributed by atoms with E-state index in [1.165, 1.54) is 49.9 Å². The number of rotatable bonds is 21. The van der Waals surface area contributed by atoms with Crippen LogP contribution in [0.3, 0.4) is 0 Å². The molecule has 9 heteroatoms. The Balaban J connectivity index is 1.27. The highest BCUT2D eigenvalue weighted by atomic mass is 32.1. The van der Waals surface area contributed by atoms with Gasteiger partial charge in [-0.15, -0.1) is 11.3 Å². The molecule has 2 N–H and O–H groups in total. The van der Waals surface area contributed by atoms with Gasteiger partial charge in [0.25, 0.3) is 11.8 Å². The lowest BCUT2D eigenvalue weighted by molar-refractivity contribution is 0.0503. The van der Waals surface area contributed by atoms with Crippen LogP contribution in [0.2, 0.25) is 0 Å². The third-order valence-electron chi connectivity index (χ3n) is 8.83. The summed E-state index contributed by atoms with van der Waals surface area (Å²) in [5.74, 6) is 0.966. The molecule has 1 unspecified atom stereocenters. The summed E-state index contributed by atoms with van der Waals surface area (Å²) >= 11 is 1.48. The Morgan fingerprint density at radius 1 is 0.735 bits per heavy atom. The van der Waals surface area contributed by atoms with Crippen LogP contribution in [0.5, 0.6) is 11.5 Å². The second kappa shape index (κ2) is 20.6. The minimum absolute atomic E-state index is 0.0266. The summed E-state index contributed by atoms with van der Waals surface area (Å²) in [6.45, 7) is 8.11. The van der Waals surface area contributed by atoms with E-state index in [-0.39, 0.29) is 25.0 Å². The molecule has 2 aromatic carbocycles. The maximum atomic E-state index is 13.5. The van der Waals surface area contributed by atoms with Crippen LogP contribution in [0.25, 0.3) is 0 Å². The number of esters is 1. The first-order valence-electron chi connectivity index (χ1n) is 18.3. The SMILES string of the molecule is CCCCCCCOc1ccc(C(=O)Nc2sc3c(c2C(=O)NCCOC(=O)c2ccc(OCCCCCCC)cc2)CCC(C)C3)cc1. The second-order valence-corrected chi connectivity index (χ2v) is 14.1. The van der Waals surface area contributed by atoms with E-state index in [2.05, 4.69) is 31.4 Å². The summed E-state index contributed by atoms with van der Waals surface area (Å²) in [6.07, 6.45) is 14.4. The minimum atomic E-state index is -0.460. The molecule has 3 aromatic rings. The van der Waals surface area contributed by atoms with Gasteiger partial charge in [-0.3, -0.25) is 9.59 Å². The summed E-state index contributed by atoms with van der Waals surface area (Å²) < 4.78 is 17.1. The van der Waals surface area contributed by atoms with E-state index < -0.39 is 5.97 Å². The first kappa shape index (κ1) is 38.0. The quantitative estimate of drug-likeness (QED) is 0.0853. The number of amides is 2. The molecule has 0 spiro atoms. The molecule has 1 aromatic heterocycles. The van der Waals surface area contributed by atoms with Crippen molar-refractivity contribution in [1.29, 1.82) is 0 Å². The zero-order valence-corrected chi connectivity index (χ0v) is 30.4. The number of carbonyl (C=O) groups is 3. The van der Waals surface area contributed by atoms with Crippen molar-refractivity contribution in [3.05, 3.63) is 75.7 Å². The van der Waals surface area contributed by atoms with Gasteiger partial charge in [0.05, 0.1) is 30.9 Å². The summed E-state index contributed by atoms with van der Waals surface area (Å²) in [5, 5.41) is 6.46. The fourth-order valence-electron chi connectivity index (χ4n) is 5.92. The van der Waals surface area contributed by atoms with Gasteiger partial charge in [-0.1, -0.05) is 72.1 Å². The van der Waals surface area contributed by atoms with E-state index in [0.717, 1.165) is 66.9 Å². The molecule has 0 fully saturated rings. The average Bonchev–Trinajstić information content (AvgIpc) is 3.46. The first-order valence-corrected chi connectivity index (χ1v) is 19.1. The Hall–Kier alpha value is -3.85. The summed E-state index contributed by atoms with van der Waals surface area (Å²) in [6, 6.07) is 14.1. The normalized spacial score (nSPS) is 13.7. The number of hydrogen-bond acceptors (Lipinski definition) is 7. The molecule has 0 saturated carbocycles. The van der Waals surface area contributed by atoms with E-state index in [1.807, 2.05) is 12.1 Å². The molecule has 0 saturated heterocycles. The third-order valence-corrected chi connectivity index (χ3v) is 10.00. The first-order chi connectivity index (χ1) is 23.9. The lowest BCUT2D eigenvalue weighted by atomic mass is 9.88. The van der Waals surface area contributed by atoms with Gasteiger partial charge in [-0.25, -0.2) is 4.79 Å². The standard InChI is InChI=1S/C40H54N2O6S/c1-4-6-8-10-12-25-46-32-19-15-30(16-20-32)37(43)42-39-36(34-23-14-29(3)28-35(34)49-39)38(44)41-24-27-48-40(45)31-17-21-33(22-18-31)47-26-13-11-9-7-5-2/h15-22,29H,4-14,23-28H2,1-3H3,(H,41,44)(H,42,43). The number of anilines is 1. The van der Waals surface area contributed by atoms with E-state index in [1.54, 1.807) is 36.4 Å². The summed E-state index contributed by atoms with van der Waals surface area (Å²) in [5.41, 5.74) is 2.43. The second-order valence-electron chi connectivity index (χ2n) is 13.0. The lowest BCUT2D eigenvalue weighted by Gasteiger charge is -2.18. The van der Waals surface area contributed by atoms with Crippen LogP contribution in [0.1, 0.15) is 133 Å². The molecule has 0 aliphatic heterocycles. The number of ether oxygens (including phenoxy) is 3. The minimum Gasteiger partial charge on any atom is -0.494 e. The fourth-order valence-corrected chi connectivity index (χ4v) is 7.32. The molecular weight excluding hydrogens is 637 g/mol. The smallest absolute Gasteiger partial charge is 0.338 e. The van der Waals surface area contributed by atoms with Crippen molar-refractivity contribution in [3.63, 3.8) is 0 Å². The van der Waals surface area contributed by atoms with Gasteiger partial charge in [0.1, 0.15) is 23.1 Å². The van der Waals surface area contributed by atoms with Gasteiger partial charge in [-0.05, 0) is 92.1 Å². The van der Waals surface area contributed by atoms with Gasteiger partial charge in [0, 0.05) is 10.4 Å². The molecule has 1 atom stereocenters. The fraction of sp³-hybridized carbons (Fsp3) is 0.525. The molecule has 49 heavy (non-hydrogen) atoms. The Bertz CT molecular complexity index is 1470. The molecule has 0 radical (unpaired) electrons. The Morgan fingerprint density at radius 3 is 1.90 bits per heavy atom. The topological polar surface area (TPSA) is 103 Å². The molecule has 0 bridgehead atoms. The van der Waals surface area contributed by atoms with Gasteiger partial charge < -0.3 is 24.8 Å². The van der Waals surface area contributed by atoms with Crippen LogP contribution in [-0.2, 0) is 17.6 Å². The van der Waals surface area contributed by atoms with Gasteiger partial charge in [0.2, 0.25) is 0 Å². The highest BCUT2D eigenvalue weighted by molar-refractivity contribution is 7.17. The zero-order chi connectivity index (χ0) is 34.8. The van der Waals surface area contributed by atoms with E-state index in [9.17, 15) is 14.4 Å². The molecule has 4 rings (SSSR count). The van der Waals surface area contributed by atoms with Crippen LogP contribution >= 0.6 is 11.3 Å². The van der Waals surface area contributed by atoms with E-state index in [4.69, 9.17) is 14.2 Å². The molecule has 1 heterocycles. The molecule has 8 nitrogen and oxygen atoms in total. The molecule has 2 amide bonds. The monoisotopic (exact) mass is 690 g/mol. The van der Waals surface area contributed by atoms with Crippen LogP contribution in [0, 0.1) is 5.92 Å². The number of thiophene rings is 1. The molecule has 1 aliphatic rings. The Kier molecular flexibility index (Phi) is 16.0. The maximum absolute atomic E-state index is 13.5. The van der Waals surface area contributed by atoms with Crippen LogP contribution in [0.15, 0.2) is 48.5 Å². The number of hydrogen-bond donors (Lipinski definition) is 2. The van der Waals surface area contributed by atoms with Crippen molar-refractivity contribution in [3.8, 4) is 11.5 Å². The van der Waals surface area contributed by atoms with Gasteiger partial charge in [0.15, 0.2) is 0 Å².